The van der Waals surface area contributed by atoms with Crippen LogP contribution >= 0.6 is 0 Å². The molecule has 0 saturated carbocycles. The maximum absolute atomic E-state index is 5.92. The average Bonchev–Trinajstić information content (AvgIpc) is 1.87. The Morgan fingerprint density at radius 1 is 1.09 bits per heavy atom. The fourth-order valence-electron chi connectivity index (χ4n) is 1.62. The third-order valence-electron chi connectivity index (χ3n) is 2.15. The summed E-state index contributed by atoms with van der Waals surface area (Å²) in [6, 6.07) is 0. The molecule has 0 aromatic carbocycles. The van der Waals surface area contributed by atoms with Gasteiger partial charge in [0.25, 0.3) is 0 Å². The largest absolute Gasteiger partial charge is 0.0771 e. The standard InChI is InChI=1S/C10H21B/c1-4-6-9(3)8-10(11)7-5-2/h9-10H,4-8H2,1-3H3. The molecule has 0 aromatic heterocycles. The van der Waals surface area contributed by atoms with E-state index in [-0.39, 0.29) is 0 Å². The van der Waals surface area contributed by atoms with E-state index in [0.29, 0.717) is 5.82 Å². The SMILES string of the molecule is [B]C(CCC)CC(C)CCC. The Morgan fingerprint density at radius 2 is 1.64 bits per heavy atom. The van der Waals surface area contributed by atoms with Crippen LogP contribution in [0.5, 0.6) is 0 Å². The topological polar surface area (TPSA) is 0 Å². The fraction of sp³-hybridized carbons (Fsp3) is 1.00. The van der Waals surface area contributed by atoms with Crippen molar-refractivity contribution in [3.63, 3.8) is 0 Å². The lowest BCUT2D eigenvalue weighted by Crippen LogP contribution is -2.00. The highest BCUT2D eigenvalue weighted by molar-refractivity contribution is 6.11. The Kier molecular flexibility index (Phi) is 6.80. The molecule has 0 bridgehead atoms. The Labute approximate surface area is 73.2 Å². The van der Waals surface area contributed by atoms with Crippen molar-refractivity contribution in [2.45, 2.75) is 58.7 Å². The minimum absolute atomic E-state index is 0.446. The summed E-state index contributed by atoms with van der Waals surface area (Å²) in [7, 11) is 5.92. The molecule has 1 heteroatoms. The summed E-state index contributed by atoms with van der Waals surface area (Å²) in [6.07, 6.45) is 6.24. The molecule has 0 rings (SSSR count). The zero-order chi connectivity index (χ0) is 8.69. The molecule has 0 aliphatic heterocycles. The van der Waals surface area contributed by atoms with Crippen molar-refractivity contribution < 1.29 is 0 Å². The zero-order valence-corrected chi connectivity index (χ0v) is 8.27. The normalized spacial score (nSPS) is 16.3. The summed E-state index contributed by atoms with van der Waals surface area (Å²) in [5, 5.41) is 0. The van der Waals surface area contributed by atoms with Crippen LogP contribution in [-0.4, -0.2) is 7.85 Å². The van der Waals surface area contributed by atoms with Gasteiger partial charge in [-0.2, -0.15) is 0 Å². The van der Waals surface area contributed by atoms with Crippen LogP contribution in [0.15, 0.2) is 0 Å². The molecule has 0 spiro atoms. The highest BCUT2D eigenvalue weighted by Crippen LogP contribution is 2.22. The molecule has 0 aromatic rings. The quantitative estimate of drug-likeness (QED) is 0.510. The predicted octanol–water partition coefficient (Wildman–Crippen LogP) is 3.57. The second-order valence-corrected chi connectivity index (χ2v) is 3.68. The molecular weight excluding hydrogens is 131 g/mol. The smallest absolute Gasteiger partial charge is 0.0699 e. The van der Waals surface area contributed by atoms with Gasteiger partial charge in [0.1, 0.15) is 0 Å². The zero-order valence-electron chi connectivity index (χ0n) is 8.27. The molecule has 11 heavy (non-hydrogen) atoms. The third kappa shape index (κ3) is 6.46. The minimum Gasteiger partial charge on any atom is -0.0771 e. The Balaban J connectivity index is 3.32. The number of hydrogen-bond acceptors (Lipinski definition) is 0. The molecule has 2 radical (unpaired) electrons. The van der Waals surface area contributed by atoms with E-state index >= 15 is 0 Å². The highest BCUT2D eigenvalue weighted by Gasteiger charge is 2.06. The van der Waals surface area contributed by atoms with Crippen LogP contribution < -0.4 is 0 Å². The molecule has 0 saturated heterocycles. The van der Waals surface area contributed by atoms with Gasteiger partial charge >= 0.3 is 0 Å². The first-order chi connectivity index (χ1) is 5.20. The molecule has 0 N–H and O–H groups in total. The van der Waals surface area contributed by atoms with E-state index in [9.17, 15) is 0 Å². The van der Waals surface area contributed by atoms with Gasteiger partial charge in [0.2, 0.25) is 0 Å². The van der Waals surface area contributed by atoms with Crippen molar-refractivity contribution in [1.82, 2.24) is 0 Å². The molecule has 2 atom stereocenters. The fourth-order valence-corrected chi connectivity index (χ4v) is 1.62. The first-order valence-electron chi connectivity index (χ1n) is 4.96. The molecule has 64 valence electrons. The summed E-state index contributed by atoms with van der Waals surface area (Å²) < 4.78 is 0. The van der Waals surface area contributed by atoms with Crippen LogP contribution in [0.25, 0.3) is 0 Å². The van der Waals surface area contributed by atoms with E-state index in [2.05, 4.69) is 20.8 Å². The maximum Gasteiger partial charge on any atom is 0.0699 e. The Bertz CT molecular complexity index is 70.9. The molecule has 0 aliphatic rings. The van der Waals surface area contributed by atoms with E-state index in [0.717, 1.165) is 5.92 Å². The van der Waals surface area contributed by atoms with Gasteiger partial charge in [-0.3, -0.25) is 0 Å². The van der Waals surface area contributed by atoms with Gasteiger partial charge in [-0.1, -0.05) is 58.7 Å². The van der Waals surface area contributed by atoms with Gasteiger partial charge in [0, 0.05) is 0 Å². The van der Waals surface area contributed by atoms with Gasteiger partial charge in [-0.05, 0) is 5.92 Å². The first kappa shape index (κ1) is 11.1. The lowest BCUT2D eigenvalue weighted by atomic mass is 9.76. The van der Waals surface area contributed by atoms with Crippen LogP contribution in [0.2, 0.25) is 5.82 Å². The van der Waals surface area contributed by atoms with Crippen LogP contribution in [0.3, 0.4) is 0 Å². The third-order valence-corrected chi connectivity index (χ3v) is 2.15. The summed E-state index contributed by atoms with van der Waals surface area (Å²) in [5.74, 6) is 1.27. The second-order valence-electron chi connectivity index (χ2n) is 3.68. The van der Waals surface area contributed by atoms with Gasteiger partial charge in [-0.15, -0.1) is 0 Å². The van der Waals surface area contributed by atoms with Crippen LogP contribution in [0, 0.1) is 5.92 Å². The molecule has 2 unspecified atom stereocenters. The van der Waals surface area contributed by atoms with Crippen molar-refractivity contribution in [2.75, 3.05) is 0 Å². The predicted molar refractivity (Wildman–Crippen MR) is 53.1 cm³/mol. The lowest BCUT2D eigenvalue weighted by Gasteiger charge is -2.15. The van der Waals surface area contributed by atoms with Gasteiger partial charge in [-0.25, -0.2) is 0 Å². The summed E-state index contributed by atoms with van der Waals surface area (Å²) in [4.78, 5) is 0. The van der Waals surface area contributed by atoms with Crippen LogP contribution in [0.4, 0.5) is 0 Å². The molecule has 0 fully saturated rings. The minimum atomic E-state index is 0.446. The molecule has 0 amide bonds. The molecular formula is C10H21B. The van der Waals surface area contributed by atoms with Crippen LogP contribution in [-0.2, 0) is 0 Å². The lowest BCUT2D eigenvalue weighted by molar-refractivity contribution is 0.459. The summed E-state index contributed by atoms with van der Waals surface area (Å²) in [6.45, 7) is 6.74. The van der Waals surface area contributed by atoms with E-state index in [1.165, 1.54) is 32.1 Å². The van der Waals surface area contributed by atoms with Crippen molar-refractivity contribution >= 4 is 7.85 Å². The maximum atomic E-state index is 5.92. The van der Waals surface area contributed by atoms with Crippen molar-refractivity contribution in [2.24, 2.45) is 5.92 Å². The van der Waals surface area contributed by atoms with Crippen molar-refractivity contribution in [3.05, 3.63) is 0 Å². The number of hydrogen-bond donors (Lipinski definition) is 0. The van der Waals surface area contributed by atoms with E-state index < -0.39 is 0 Å². The van der Waals surface area contributed by atoms with E-state index in [4.69, 9.17) is 7.85 Å². The average molecular weight is 152 g/mol. The molecule has 0 aliphatic carbocycles. The van der Waals surface area contributed by atoms with Gasteiger partial charge in [0.15, 0.2) is 0 Å². The van der Waals surface area contributed by atoms with Gasteiger partial charge in [0.05, 0.1) is 7.85 Å². The summed E-state index contributed by atoms with van der Waals surface area (Å²) >= 11 is 0. The highest BCUT2D eigenvalue weighted by atomic mass is 14.1. The first-order valence-corrected chi connectivity index (χ1v) is 4.96. The Morgan fingerprint density at radius 3 is 2.09 bits per heavy atom. The Hall–Kier alpha value is 0.0649. The monoisotopic (exact) mass is 152 g/mol. The van der Waals surface area contributed by atoms with Gasteiger partial charge < -0.3 is 0 Å². The van der Waals surface area contributed by atoms with E-state index in [1.54, 1.807) is 0 Å². The second kappa shape index (κ2) is 6.76. The molecule has 0 heterocycles. The van der Waals surface area contributed by atoms with Crippen molar-refractivity contribution in [1.29, 1.82) is 0 Å². The van der Waals surface area contributed by atoms with Crippen LogP contribution in [0.1, 0.15) is 52.9 Å². The van der Waals surface area contributed by atoms with Crippen molar-refractivity contribution in [3.8, 4) is 0 Å². The molecule has 0 nitrogen and oxygen atoms in total. The number of rotatable bonds is 6. The summed E-state index contributed by atoms with van der Waals surface area (Å²) in [5.41, 5.74) is 0. The van der Waals surface area contributed by atoms with E-state index in [1.807, 2.05) is 0 Å².